The maximum atomic E-state index is 12.8. The molecule has 2 nitrogen and oxygen atoms in total. The number of benzene rings is 1. The Bertz CT molecular complexity index is 660. The minimum atomic E-state index is -4.37. The van der Waals surface area contributed by atoms with E-state index in [4.69, 9.17) is 0 Å². The molecule has 2 aliphatic rings. The molecular weight excluding hydrogens is 303 g/mol. The van der Waals surface area contributed by atoms with Crippen LogP contribution in [0, 0.1) is 16.7 Å². The molecule has 2 fully saturated rings. The lowest BCUT2D eigenvalue weighted by atomic mass is 9.68. The average Bonchev–Trinajstić information content (AvgIpc) is 2.99. The van der Waals surface area contributed by atoms with Gasteiger partial charge >= 0.3 is 6.18 Å². The van der Waals surface area contributed by atoms with Crippen LogP contribution in [0.3, 0.4) is 0 Å². The van der Waals surface area contributed by atoms with Crippen LogP contribution in [0.2, 0.25) is 0 Å². The number of amides is 1. The second kappa shape index (κ2) is 4.86. The van der Waals surface area contributed by atoms with Crippen molar-refractivity contribution in [2.75, 3.05) is 5.32 Å². The van der Waals surface area contributed by atoms with Crippen LogP contribution in [-0.4, -0.2) is 5.91 Å². The first-order valence-electron chi connectivity index (χ1n) is 7.76. The second-order valence-corrected chi connectivity index (χ2v) is 7.25. The Balaban J connectivity index is 1.79. The number of hydrogen-bond acceptors (Lipinski definition) is 1. The molecule has 2 aliphatic carbocycles. The zero-order valence-corrected chi connectivity index (χ0v) is 13.3. The lowest BCUT2D eigenvalue weighted by molar-refractivity contribution is -0.137. The fourth-order valence-electron chi connectivity index (χ4n) is 4.14. The molecule has 0 unspecified atom stereocenters. The summed E-state index contributed by atoms with van der Waals surface area (Å²) in [5.41, 5.74) is -0.0166. The highest BCUT2D eigenvalue weighted by Gasteiger charge is 2.60. The number of nitrogens with one attached hydrogen (secondary N) is 1. The van der Waals surface area contributed by atoms with Crippen LogP contribution in [0.4, 0.5) is 18.9 Å². The van der Waals surface area contributed by atoms with Gasteiger partial charge in [-0.25, -0.2) is 0 Å². The molecule has 2 atom stereocenters. The smallest absolute Gasteiger partial charge is 0.325 e. The normalized spacial score (nSPS) is 28.9. The second-order valence-electron chi connectivity index (χ2n) is 7.25. The zero-order valence-electron chi connectivity index (χ0n) is 13.3. The number of carbonyl (C=O) groups is 1. The highest BCUT2D eigenvalue weighted by atomic mass is 19.4. The summed E-state index contributed by atoms with van der Waals surface area (Å²) in [6.07, 6.45) is -1.83. The van der Waals surface area contributed by atoms with Gasteiger partial charge in [0.2, 0.25) is 5.91 Å². The monoisotopic (exact) mass is 323 g/mol. The third kappa shape index (κ3) is 2.37. The number of halogens is 3. The van der Waals surface area contributed by atoms with E-state index in [9.17, 15) is 18.0 Å². The molecule has 2 saturated carbocycles. The van der Waals surface area contributed by atoms with Gasteiger partial charge in [-0.05, 0) is 54.9 Å². The molecule has 5 heteroatoms. The molecule has 0 aliphatic heterocycles. The third-order valence-corrected chi connectivity index (χ3v) is 5.80. The molecule has 1 aromatic carbocycles. The molecule has 2 bridgehead atoms. The van der Waals surface area contributed by atoms with Crippen molar-refractivity contribution >= 4 is 11.6 Å². The first-order valence-corrected chi connectivity index (χ1v) is 7.76. The van der Waals surface area contributed by atoms with E-state index < -0.39 is 17.2 Å². The molecule has 1 amide bonds. The SMILES string of the molecule is C=C1C(C)(C)[C@@H]2CC[C@@]1(C(=O)Nc1ccc(C(F)(F)F)cc1)C2. The number of alkyl halides is 3. The lowest BCUT2D eigenvalue weighted by Crippen LogP contribution is -2.37. The van der Waals surface area contributed by atoms with Gasteiger partial charge in [0.15, 0.2) is 0 Å². The zero-order chi connectivity index (χ0) is 17.0. The van der Waals surface area contributed by atoms with Crippen molar-refractivity contribution in [3.05, 3.63) is 42.0 Å². The van der Waals surface area contributed by atoms with Crippen molar-refractivity contribution in [2.45, 2.75) is 39.3 Å². The van der Waals surface area contributed by atoms with Crippen molar-refractivity contribution in [1.29, 1.82) is 0 Å². The molecule has 3 rings (SSSR count). The molecule has 124 valence electrons. The largest absolute Gasteiger partial charge is 0.416 e. The van der Waals surface area contributed by atoms with Gasteiger partial charge in [0.1, 0.15) is 0 Å². The summed E-state index contributed by atoms with van der Waals surface area (Å²) in [6.45, 7) is 8.40. The quantitative estimate of drug-likeness (QED) is 0.760. The van der Waals surface area contributed by atoms with Gasteiger partial charge in [0.05, 0.1) is 11.0 Å². The average molecular weight is 323 g/mol. The van der Waals surface area contributed by atoms with Gasteiger partial charge in [-0.3, -0.25) is 4.79 Å². The van der Waals surface area contributed by atoms with Gasteiger partial charge in [0, 0.05) is 5.69 Å². The van der Waals surface area contributed by atoms with E-state index in [2.05, 4.69) is 25.7 Å². The highest BCUT2D eigenvalue weighted by Crippen LogP contribution is 2.65. The highest BCUT2D eigenvalue weighted by molar-refractivity contribution is 5.98. The Kier molecular flexibility index (Phi) is 3.40. The van der Waals surface area contributed by atoms with Crippen LogP contribution in [0.15, 0.2) is 36.4 Å². The number of rotatable bonds is 2. The van der Waals surface area contributed by atoms with E-state index in [0.717, 1.165) is 37.0 Å². The molecular formula is C18H20F3NO. The predicted molar refractivity (Wildman–Crippen MR) is 82.8 cm³/mol. The minimum Gasteiger partial charge on any atom is -0.325 e. The fraction of sp³-hybridized carbons (Fsp3) is 0.500. The van der Waals surface area contributed by atoms with Crippen molar-refractivity contribution < 1.29 is 18.0 Å². The molecule has 0 heterocycles. The first-order chi connectivity index (χ1) is 10.6. The topological polar surface area (TPSA) is 29.1 Å². The molecule has 1 aromatic rings. The third-order valence-electron chi connectivity index (χ3n) is 5.80. The van der Waals surface area contributed by atoms with Gasteiger partial charge in [-0.15, -0.1) is 0 Å². The summed E-state index contributed by atoms with van der Waals surface area (Å²) >= 11 is 0. The van der Waals surface area contributed by atoms with Gasteiger partial charge < -0.3 is 5.32 Å². The van der Waals surface area contributed by atoms with Crippen LogP contribution in [-0.2, 0) is 11.0 Å². The van der Waals surface area contributed by atoms with E-state index in [-0.39, 0.29) is 11.3 Å². The molecule has 0 radical (unpaired) electrons. The van der Waals surface area contributed by atoms with Crippen LogP contribution < -0.4 is 5.32 Å². The molecule has 0 saturated heterocycles. The summed E-state index contributed by atoms with van der Waals surface area (Å²) in [5, 5.41) is 2.78. The van der Waals surface area contributed by atoms with E-state index in [1.165, 1.54) is 12.1 Å². The Labute approximate surface area is 133 Å². The van der Waals surface area contributed by atoms with Crippen LogP contribution in [0.1, 0.15) is 38.7 Å². The predicted octanol–water partition coefficient (Wildman–Crippen LogP) is 5.03. The minimum absolute atomic E-state index is 0.0598. The van der Waals surface area contributed by atoms with Gasteiger partial charge in [-0.2, -0.15) is 13.2 Å². The summed E-state index contributed by atoms with van der Waals surface area (Å²) in [6, 6.07) is 4.57. The van der Waals surface area contributed by atoms with Gasteiger partial charge in [-0.1, -0.05) is 26.0 Å². The summed E-state index contributed by atoms with van der Waals surface area (Å²) in [4.78, 5) is 12.8. The summed E-state index contributed by atoms with van der Waals surface area (Å²) in [5.74, 6) is 0.309. The number of fused-ring (bicyclic) bond motifs is 2. The van der Waals surface area contributed by atoms with Crippen molar-refractivity contribution in [3.63, 3.8) is 0 Å². The Morgan fingerprint density at radius 3 is 2.35 bits per heavy atom. The number of carbonyl (C=O) groups excluding carboxylic acids is 1. The van der Waals surface area contributed by atoms with E-state index in [1.54, 1.807) is 0 Å². The molecule has 1 N–H and O–H groups in total. The van der Waals surface area contributed by atoms with Crippen molar-refractivity contribution in [2.24, 2.45) is 16.7 Å². The lowest BCUT2D eigenvalue weighted by Gasteiger charge is -2.37. The molecule has 0 spiro atoms. The Hall–Kier alpha value is -1.78. The van der Waals surface area contributed by atoms with Crippen LogP contribution >= 0.6 is 0 Å². The molecule has 23 heavy (non-hydrogen) atoms. The number of hydrogen-bond donors (Lipinski definition) is 1. The molecule has 0 aromatic heterocycles. The van der Waals surface area contributed by atoms with E-state index in [0.29, 0.717) is 11.6 Å². The summed E-state index contributed by atoms with van der Waals surface area (Å²) in [7, 11) is 0. The maximum absolute atomic E-state index is 12.8. The van der Waals surface area contributed by atoms with Crippen molar-refractivity contribution in [3.8, 4) is 0 Å². The Morgan fingerprint density at radius 1 is 1.26 bits per heavy atom. The van der Waals surface area contributed by atoms with Crippen molar-refractivity contribution in [1.82, 2.24) is 0 Å². The van der Waals surface area contributed by atoms with Crippen LogP contribution in [0.5, 0.6) is 0 Å². The van der Waals surface area contributed by atoms with Crippen LogP contribution in [0.25, 0.3) is 0 Å². The summed E-state index contributed by atoms with van der Waals surface area (Å²) < 4.78 is 37.8. The maximum Gasteiger partial charge on any atom is 0.416 e. The van der Waals surface area contributed by atoms with Gasteiger partial charge in [0.25, 0.3) is 0 Å². The number of anilines is 1. The van der Waals surface area contributed by atoms with E-state index in [1.807, 2.05) is 0 Å². The fourth-order valence-corrected chi connectivity index (χ4v) is 4.14. The first kappa shape index (κ1) is 16.1. The standard InChI is InChI=1S/C18H20F3NO/c1-11-16(2,3)13-8-9-17(11,10-13)15(23)22-14-6-4-12(5-7-14)18(19,20)21/h4-7,13H,1,8-10H2,2-3H3,(H,22,23)/t13-,17-/m1/s1. The van der Waals surface area contributed by atoms with E-state index >= 15 is 0 Å². The Morgan fingerprint density at radius 2 is 1.87 bits per heavy atom.